The minimum Gasteiger partial charge on any atom is -0.369 e. The van der Waals surface area contributed by atoms with E-state index in [1.54, 1.807) is 11.8 Å². The van der Waals surface area contributed by atoms with Crippen LogP contribution in [0.4, 0.5) is 5.69 Å². The fourth-order valence-corrected chi connectivity index (χ4v) is 4.44. The first-order valence-corrected chi connectivity index (χ1v) is 12.5. The Balaban J connectivity index is 1.43. The normalized spacial score (nSPS) is 16.9. The third kappa shape index (κ3) is 6.63. The lowest BCUT2D eigenvalue weighted by molar-refractivity contribution is 0.477. The van der Waals surface area contributed by atoms with Crippen molar-refractivity contribution >= 4 is 23.4 Å². The molecule has 0 saturated carbocycles. The Hall–Kier alpha value is -2.22. The van der Waals surface area contributed by atoms with Gasteiger partial charge < -0.3 is 20.1 Å². The van der Waals surface area contributed by atoms with Gasteiger partial charge in [-0.2, -0.15) is 0 Å². The lowest BCUT2D eigenvalue weighted by Crippen LogP contribution is -2.45. The van der Waals surface area contributed by atoms with E-state index in [4.69, 9.17) is 0 Å². The van der Waals surface area contributed by atoms with Crippen LogP contribution in [0.2, 0.25) is 0 Å². The fraction of sp³-hybridized carbons (Fsp3) is 0.609. The number of nitrogens with zero attached hydrogens (tertiary/aromatic N) is 5. The summed E-state index contributed by atoms with van der Waals surface area (Å²) >= 11 is 1.66. The molecule has 0 aliphatic carbocycles. The number of rotatable bonds is 9. The summed E-state index contributed by atoms with van der Waals surface area (Å²) in [5.41, 5.74) is 2.60. The number of anilines is 1. The molecule has 2 N–H and O–H groups in total. The SMILES string of the molecule is CN=C(NCCCc1nnc(SC)n1CC(C)C)NC1CCN(c2ccc(C)cc2)C1. The van der Waals surface area contributed by atoms with Crippen LogP contribution in [0.5, 0.6) is 0 Å². The van der Waals surface area contributed by atoms with Crippen molar-refractivity contribution in [1.29, 1.82) is 0 Å². The molecule has 1 aliphatic heterocycles. The summed E-state index contributed by atoms with van der Waals surface area (Å²) in [5.74, 6) is 2.53. The Labute approximate surface area is 191 Å². The Kier molecular flexibility index (Phi) is 8.63. The van der Waals surface area contributed by atoms with E-state index in [-0.39, 0.29) is 0 Å². The number of nitrogens with one attached hydrogen (secondary N) is 2. The molecule has 0 radical (unpaired) electrons. The molecule has 1 atom stereocenters. The van der Waals surface area contributed by atoms with Crippen LogP contribution >= 0.6 is 11.8 Å². The predicted octanol–water partition coefficient (Wildman–Crippen LogP) is 3.34. The average molecular weight is 444 g/mol. The van der Waals surface area contributed by atoms with E-state index in [0.717, 1.165) is 62.4 Å². The van der Waals surface area contributed by atoms with Gasteiger partial charge in [0.25, 0.3) is 0 Å². The largest absolute Gasteiger partial charge is 0.369 e. The highest BCUT2D eigenvalue weighted by Crippen LogP contribution is 2.21. The standard InChI is InChI=1S/C23H37N7S/c1-17(2)15-30-21(27-28-23(30)31-5)7-6-13-25-22(24-4)26-19-12-14-29(16-19)20-10-8-18(3)9-11-20/h8-11,17,19H,6-7,12-16H2,1-5H3,(H2,24,25,26). The van der Waals surface area contributed by atoms with Crippen LogP contribution in [-0.4, -0.2) is 59.7 Å². The van der Waals surface area contributed by atoms with Gasteiger partial charge in [0.15, 0.2) is 11.1 Å². The van der Waals surface area contributed by atoms with Gasteiger partial charge >= 0.3 is 0 Å². The third-order valence-electron chi connectivity index (χ3n) is 5.55. The number of aliphatic imine (C=N–C) groups is 1. The van der Waals surface area contributed by atoms with Crippen molar-refractivity contribution in [3.8, 4) is 0 Å². The molecule has 1 saturated heterocycles. The number of thioether (sulfide) groups is 1. The Morgan fingerprint density at radius 1 is 1.26 bits per heavy atom. The highest BCUT2D eigenvalue weighted by Gasteiger charge is 2.23. The minimum atomic E-state index is 0.408. The zero-order valence-corrected chi connectivity index (χ0v) is 20.4. The molecule has 0 bridgehead atoms. The summed E-state index contributed by atoms with van der Waals surface area (Å²) in [5, 5.41) is 16.8. The van der Waals surface area contributed by atoms with Crippen molar-refractivity contribution in [3.63, 3.8) is 0 Å². The molecule has 1 aromatic carbocycles. The molecule has 1 fully saturated rings. The zero-order chi connectivity index (χ0) is 22.2. The molecule has 0 amide bonds. The van der Waals surface area contributed by atoms with Crippen LogP contribution in [0.3, 0.4) is 0 Å². The highest BCUT2D eigenvalue weighted by atomic mass is 32.2. The van der Waals surface area contributed by atoms with Gasteiger partial charge in [-0.25, -0.2) is 0 Å². The van der Waals surface area contributed by atoms with Crippen LogP contribution in [0.25, 0.3) is 0 Å². The summed E-state index contributed by atoms with van der Waals surface area (Å²) in [6, 6.07) is 9.20. The molecule has 170 valence electrons. The number of guanidine groups is 1. The number of hydrogen-bond donors (Lipinski definition) is 2. The van der Waals surface area contributed by atoms with Gasteiger partial charge in [0.05, 0.1) is 0 Å². The lowest BCUT2D eigenvalue weighted by Gasteiger charge is -2.20. The predicted molar refractivity (Wildman–Crippen MR) is 131 cm³/mol. The van der Waals surface area contributed by atoms with Crippen molar-refractivity contribution in [1.82, 2.24) is 25.4 Å². The van der Waals surface area contributed by atoms with Crippen molar-refractivity contribution in [3.05, 3.63) is 35.7 Å². The summed E-state index contributed by atoms with van der Waals surface area (Å²) < 4.78 is 2.26. The molecule has 1 aliphatic rings. The second-order valence-corrected chi connectivity index (χ2v) is 9.39. The summed E-state index contributed by atoms with van der Waals surface area (Å²) in [4.78, 5) is 6.86. The minimum absolute atomic E-state index is 0.408. The average Bonchev–Trinajstić information content (AvgIpc) is 3.37. The van der Waals surface area contributed by atoms with Crippen molar-refractivity contribution < 1.29 is 0 Å². The van der Waals surface area contributed by atoms with Gasteiger partial charge in [-0.1, -0.05) is 43.3 Å². The maximum atomic E-state index is 4.42. The maximum Gasteiger partial charge on any atom is 0.191 e. The summed E-state index contributed by atoms with van der Waals surface area (Å²) in [6.07, 6.45) is 5.08. The second-order valence-electron chi connectivity index (χ2n) is 8.62. The number of hydrogen-bond acceptors (Lipinski definition) is 5. The molecule has 31 heavy (non-hydrogen) atoms. The quantitative estimate of drug-likeness (QED) is 0.268. The number of benzene rings is 1. The Morgan fingerprint density at radius 3 is 2.71 bits per heavy atom. The molecular weight excluding hydrogens is 406 g/mol. The second kappa shape index (κ2) is 11.4. The molecule has 3 rings (SSSR count). The van der Waals surface area contributed by atoms with E-state index in [2.05, 4.69) is 86.6 Å². The van der Waals surface area contributed by atoms with Crippen LogP contribution in [0.15, 0.2) is 34.4 Å². The van der Waals surface area contributed by atoms with E-state index >= 15 is 0 Å². The van der Waals surface area contributed by atoms with E-state index in [1.165, 1.54) is 11.3 Å². The van der Waals surface area contributed by atoms with E-state index in [9.17, 15) is 0 Å². The molecule has 7 nitrogen and oxygen atoms in total. The molecule has 8 heteroatoms. The van der Waals surface area contributed by atoms with Gasteiger partial charge in [0.2, 0.25) is 0 Å². The van der Waals surface area contributed by atoms with Gasteiger partial charge in [0.1, 0.15) is 5.82 Å². The molecule has 2 aromatic rings. The molecule has 1 aromatic heterocycles. The molecule has 0 spiro atoms. The number of aromatic nitrogens is 3. The van der Waals surface area contributed by atoms with E-state index in [1.807, 2.05) is 7.05 Å². The van der Waals surface area contributed by atoms with Crippen molar-refractivity contribution in [2.45, 2.75) is 57.8 Å². The first-order chi connectivity index (χ1) is 15.0. The van der Waals surface area contributed by atoms with Crippen molar-refractivity contribution in [2.75, 3.05) is 37.8 Å². The topological polar surface area (TPSA) is 70.4 Å². The van der Waals surface area contributed by atoms with Crippen LogP contribution < -0.4 is 15.5 Å². The van der Waals surface area contributed by atoms with Crippen LogP contribution in [-0.2, 0) is 13.0 Å². The Bertz CT molecular complexity index is 844. The molecular formula is C23H37N7S. The zero-order valence-electron chi connectivity index (χ0n) is 19.6. The van der Waals surface area contributed by atoms with Gasteiger partial charge in [-0.15, -0.1) is 10.2 Å². The van der Waals surface area contributed by atoms with Gasteiger partial charge in [-0.05, 0) is 44.1 Å². The summed E-state index contributed by atoms with van der Waals surface area (Å²) in [7, 11) is 1.84. The van der Waals surface area contributed by atoms with Gasteiger partial charge in [0, 0.05) is 51.4 Å². The van der Waals surface area contributed by atoms with Crippen LogP contribution in [0.1, 0.15) is 38.1 Å². The molecule has 1 unspecified atom stereocenters. The summed E-state index contributed by atoms with van der Waals surface area (Å²) in [6.45, 7) is 10.5. The monoisotopic (exact) mass is 443 g/mol. The first kappa shape index (κ1) is 23.4. The molecule has 2 heterocycles. The first-order valence-electron chi connectivity index (χ1n) is 11.2. The maximum absolute atomic E-state index is 4.42. The fourth-order valence-electron chi connectivity index (χ4n) is 3.91. The van der Waals surface area contributed by atoms with E-state index < -0.39 is 0 Å². The smallest absolute Gasteiger partial charge is 0.191 e. The van der Waals surface area contributed by atoms with Gasteiger partial charge in [-0.3, -0.25) is 4.99 Å². The van der Waals surface area contributed by atoms with Crippen LogP contribution in [0, 0.1) is 12.8 Å². The highest BCUT2D eigenvalue weighted by molar-refractivity contribution is 7.98. The van der Waals surface area contributed by atoms with Crippen molar-refractivity contribution in [2.24, 2.45) is 10.9 Å². The lowest BCUT2D eigenvalue weighted by atomic mass is 10.2. The third-order valence-corrected chi connectivity index (χ3v) is 6.21. The van der Waals surface area contributed by atoms with E-state index in [0.29, 0.717) is 12.0 Å². The number of aryl methyl sites for hydroxylation is 2. The Morgan fingerprint density at radius 2 is 2.03 bits per heavy atom.